The first-order valence-corrected chi connectivity index (χ1v) is 6.60. The van der Waals surface area contributed by atoms with E-state index in [1.54, 1.807) is 0 Å². The summed E-state index contributed by atoms with van der Waals surface area (Å²) in [5, 5.41) is 18.9. The number of rotatable bonds is 5. The quantitative estimate of drug-likeness (QED) is 0.480. The Labute approximate surface area is 131 Å². The summed E-state index contributed by atoms with van der Waals surface area (Å²) < 4.78 is 77.7. The predicted octanol–water partition coefficient (Wildman–Crippen LogP) is 2.94. The number of halogens is 7. The van der Waals surface area contributed by atoms with Gasteiger partial charge in [-0.3, -0.25) is 4.79 Å². The molecule has 0 spiro atoms. The number of ketones is 1. The van der Waals surface area contributed by atoms with E-state index >= 15 is 0 Å². The van der Waals surface area contributed by atoms with Gasteiger partial charge in [0.15, 0.2) is 5.78 Å². The Morgan fingerprint density at radius 1 is 1.04 bits per heavy atom. The monoisotopic (exact) mass is 364 g/mol. The fraction of sp³-hybridized carbons (Fsp3) is 0.462. The molecule has 0 radical (unpaired) electrons. The molecule has 2 N–H and O–H groups in total. The van der Waals surface area contributed by atoms with Crippen molar-refractivity contribution in [2.24, 2.45) is 5.92 Å². The number of benzene rings is 1. The maximum Gasteiger partial charge on any atom is 0.427 e. The van der Waals surface area contributed by atoms with Crippen LogP contribution in [-0.4, -0.2) is 45.9 Å². The summed E-state index contributed by atoms with van der Waals surface area (Å²) in [4.78, 5) is 12.1. The van der Waals surface area contributed by atoms with Crippen molar-refractivity contribution in [1.82, 2.24) is 0 Å². The van der Waals surface area contributed by atoms with E-state index in [1.165, 1.54) is 18.2 Å². The Bertz CT molecular complexity index is 529. The smallest absolute Gasteiger partial charge is 0.391 e. The van der Waals surface area contributed by atoms with Gasteiger partial charge in [0.2, 0.25) is 0 Å². The number of hydrogen-bond donors (Lipinski definition) is 2. The van der Waals surface area contributed by atoms with Gasteiger partial charge in [0, 0.05) is 11.4 Å². The highest BCUT2D eigenvalue weighted by atomic mass is 35.5. The highest BCUT2D eigenvalue weighted by Crippen LogP contribution is 2.49. The number of carbonyl (C=O) groups excluding carboxylic acids is 1. The summed E-state index contributed by atoms with van der Waals surface area (Å²) in [5.74, 6) is -6.10. The zero-order valence-corrected chi connectivity index (χ0v) is 12.0. The van der Waals surface area contributed by atoms with Crippen molar-refractivity contribution >= 4 is 17.4 Å². The van der Waals surface area contributed by atoms with E-state index < -0.39 is 47.2 Å². The molecular formula is C13H11ClF6O3. The van der Waals surface area contributed by atoms with Gasteiger partial charge < -0.3 is 10.2 Å². The van der Waals surface area contributed by atoms with Crippen LogP contribution < -0.4 is 0 Å². The minimum Gasteiger partial charge on any atom is -0.391 e. The molecule has 0 fully saturated rings. The number of aliphatic hydroxyl groups excluding tert-OH is 1. The van der Waals surface area contributed by atoms with Crippen LogP contribution in [0.15, 0.2) is 30.3 Å². The lowest BCUT2D eigenvalue weighted by Gasteiger charge is -2.39. The van der Waals surface area contributed by atoms with Crippen LogP contribution in [0.25, 0.3) is 0 Å². The van der Waals surface area contributed by atoms with E-state index in [2.05, 4.69) is 0 Å². The Hall–Kier alpha value is -1.32. The summed E-state index contributed by atoms with van der Waals surface area (Å²) in [6.45, 7) is 0. The van der Waals surface area contributed by atoms with Crippen LogP contribution in [0.3, 0.4) is 0 Å². The minimum atomic E-state index is -6.26. The van der Waals surface area contributed by atoms with Gasteiger partial charge in [0.1, 0.15) is 0 Å². The van der Waals surface area contributed by atoms with E-state index in [4.69, 9.17) is 11.6 Å². The molecule has 0 amide bonds. The zero-order chi connectivity index (χ0) is 18.1. The largest absolute Gasteiger partial charge is 0.427 e. The molecule has 0 aliphatic carbocycles. The second kappa shape index (κ2) is 6.66. The van der Waals surface area contributed by atoms with Crippen LogP contribution in [0.2, 0.25) is 0 Å². The summed E-state index contributed by atoms with van der Waals surface area (Å²) in [7, 11) is 0. The second-order valence-corrected chi connectivity index (χ2v) is 5.00. The van der Waals surface area contributed by atoms with Gasteiger partial charge in [-0.25, -0.2) is 0 Å². The molecule has 2 atom stereocenters. The maximum absolute atomic E-state index is 12.9. The highest BCUT2D eigenvalue weighted by Gasteiger charge is 2.76. The van der Waals surface area contributed by atoms with Crippen LogP contribution in [0.5, 0.6) is 0 Å². The van der Waals surface area contributed by atoms with Crippen molar-refractivity contribution in [3.63, 3.8) is 0 Å². The Morgan fingerprint density at radius 3 is 1.83 bits per heavy atom. The number of hydrogen-bond acceptors (Lipinski definition) is 3. The van der Waals surface area contributed by atoms with Gasteiger partial charge in [0.05, 0.1) is 12.0 Å². The molecule has 10 heteroatoms. The van der Waals surface area contributed by atoms with Gasteiger partial charge in [-0.05, 0) is 0 Å². The summed E-state index contributed by atoms with van der Waals surface area (Å²) >= 11 is 5.14. The van der Waals surface area contributed by atoms with Crippen molar-refractivity contribution in [2.45, 2.75) is 24.1 Å². The van der Waals surface area contributed by atoms with Crippen molar-refractivity contribution < 1.29 is 41.4 Å². The van der Waals surface area contributed by atoms with Gasteiger partial charge in [-0.2, -0.15) is 26.3 Å². The minimum absolute atomic E-state index is 0.534. The zero-order valence-electron chi connectivity index (χ0n) is 11.2. The molecule has 0 aliphatic rings. The molecule has 0 heterocycles. The van der Waals surface area contributed by atoms with Crippen molar-refractivity contribution in [2.75, 3.05) is 5.88 Å². The fourth-order valence-electron chi connectivity index (χ4n) is 2.03. The molecule has 0 aromatic heterocycles. The Morgan fingerprint density at radius 2 is 1.48 bits per heavy atom. The van der Waals surface area contributed by atoms with Gasteiger partial charge >= 0.3 is 12.4 Å². The van der Waals surface area contributed by atoms with Gasteiger partial charge in [-0.1, -0.05) is 30.3 Å². The van der Waals surface area contributed by atoms with E-state index in [0.717, 1.165) is 12.1 Å². The van der Waals surface area contributed by atoms with E-state index in [-0.39, 0.29) is 0 Å². The van der Waals surface area contributed by atoms with Crippen molar-refractivity contribution in [3.05, 3.63) is 35.9 Å². The molecular weight excluding hydrogens is 354 g/mol. The van der Waals surface area contributed by atoms with Crippen LogP contribution in [0, 0.1) is 5.92 Å². The molecule has 0 bridgehead atoms. The average molecular weight is 365 g/mol. The number of alkyl halides is 7. The topological polar surface area (TPSA) is 57.5 Å². The van der Waals surface area contributed by atoms with Crippen molar-refractivity contribution in [1.29, 1.82) is 0 Å². The molecule has 3 nitrogen and oxygen atoms in total. The normalized spacial score (nSPS) is 16.0. The number of carbonyl (C=O) groups is 1. The SMILES string of the molecule is O=C(c1ccccc1)C(C(O)CCl)C(O)(C(F)(F)F)C(F)(F)F. The third-order valence-corrected chi connectivity index (χ3v) is 3.51. The van der Waals surface area contributed by atoms with Crippen LogP contribution in [0.4, 0.5) is 26.3 Å². The van der Waals surface area contributed by atoms with Crippen molar-refractivity contribution in [3.8, 4) is 0 Å². The molecule has 0 aliphatic heterocycles. The summed E-state index contributed by atoms with van der Waals surface area (Å²) in [6, 6.07) is 5.71. The molecule has 1 rings (SSSR count). The molecule has 2 unspecified atom stereocenters. The first-order chi connectivity index (χ1) is 10.4. The van der Waals surface area contributed by atoms with Crippen LogP contribution >= 0.6 is 11.6 Å². The van der Waals surface area contributed by atoms with Gasteiger partial charge in [0.25, 0.3) is 5.60 Å². The summed E-state index contributed by atoms with van der Waals surface area (Å²) in [6.07, 6.45) is -15.1. The van der Waals surface area contributed by atoms with Gasteiger partial charge in [-0.15, -0.1) is 11.6 Å². The highest BCUT2D eigenvalue weighted by molar-refractivity contribution is 6.18. The van der Waals surface area contributed by atoms with E-state index in [9.17, 15) is 41.4 Å². The van der Waals surface area contributed by atoms with Crippen LogP contribution in [-0.2, 0) is 0 Å². The summed E-state index contributed by atoms with van der Waals surface area (Å²) in [5.41, 5.74) is -5.98. The van der Waals surface area contributed by atoms with Crippen LogP contribution in [0.1, 0.15) is 10.4 Å². The molecule has 130 valence electrons. The third kappa shape index (κ3) is 3.61. The molecule has 23 heavy (non-hydrogen) atoms. The lowest BCUT2D eigenvalue weighted by molar-refractivity contribution is -0.384. The standard InChI is InChI=1S/C13H11ClF6O3/c14-6-8(21)9(10(22)7-4-2-1-3-5-7)11(23,12(15,16)17)13(18,19)20/h1-5,8-9,21,23H,6H2. The fourth-order valence-corrected chi connectivity index (χ4v) is 2.21. The number of aliphatic hydroxyl groups is 2. The first kappa shape index (κ1) is 19.7. The Kier molecular flexibility index (Phi) is 5.71. The third-order valence-electron chi connectivity index (χ3n) is 3.20. The first-order valence-electron chi connectivity index (χ1n) is 6.07. The average Bonchev–Trinajstić information content (AvgIpc) is 2.45. The predicted molar refractivity (Wildman–Crippen MR) is 68.0 cm³/mol. The molecule has 0 saturated heterocycles. The Balaban J connectivity index is 3.54. The lowest BCUT2D eigenvalue weighted by atomic mass is 9.77. The second-order valence-electron chi connectivity index (χ2n) is 4.69. The number of Topliss-reactive ketones (excluding diaryl/α,β-unsaturated/α-hetero) is 1. The molecule has 1 aromatic carbocycles. The van der Waals surface area contributed by atoms with E-state index in [1.807, 2.05) is 0 Å². The lowest BCUT2D eigenvalue weighted by Crippen LogP contribution is -2.66. The molecule has 0 saturated carbocycles. The maximum atomic E-state index is 12.9. The van der Waals surface area contributed by atoms with E-state index in [0.29, 0.717) is 0 Å². The molecule has 1 aromatic rings.